The fraction of sp³-hybridized carbons (Fsp3) is 0.375. The Morgan fingerprint density at radius 2 is 1.66 bits per heavy atom. The fourth-order valence-electron chi connectivity index (χ4n) is 3.57. The van der Waals surface area contributed by atoms with E-state index in [1.54, 1.807) is 29.2 Å². The molecule has 0 aliphatic carbocycles. The van der Waals surface area contributed by atoms with Crippen LogP contribution in [-0.2, 0) is 19.6 Å². The van der Waals surface area contributed by atoms with Crippen molar-refractivity contribution in [1.29, 1.82) is 0 Å². The first-order chi connectivity index (χ1) is 16.6. The number of benzene rings is 2. The normalized spacial score (nSPS) is 13.9. The molecule has 0 radical (unpaired) electrons. The van der Waals surface area contributed by atoms with Crippen molar-refractivity contribution in [3.63, 3.8) is 0 Å². The molecule has 2 aromatic carbocycles. The largest absolute Gasteiger partial charge is 0.378 e. The number of nitrogens with zero attached hydrogens (tertiary/aromatic N) is 2. The number of ether oxygens (including phenoxy) is 1. The van der Waals surface area contributed by atoms with Gasteiger partial charge in [-0.2, -0.15) is 0 Å². The van der Waals surface area contributed by atoms with Gasteiger partial charge in [0.2, 0.25) is 15.9 Å². The lowest BCUT2D eigenvalue weighted by Crippen LogP contribution is -2.40. The maximum atomic E-state index is 12.8. The second kappa shape index (κ2) is 11.3. The van der Waals surface area contributed by atoms with Gasteiger partial charge in [0.15, 0.2) is 0 Å². The average Bonchev–Trinajstić information content (AvgIpc) is 2.82. The predicted octanol–water partition coefficient (Wildman–Crippen LogP) is 1.70. The van der Waals surface area contributed by atoms with Gasteiger partial charge in [-0.15, -0.1) is 0 Å². The highest BCUT2D eigenvalue weighted by Gasteiger charge is 2.24. The molecule has 2 aromatic rings. The van der Waals surface area contributed by atoms with E-state index in [1.807, 2.05) is 13.8 Å². The van der Waals surface area contributed by atoms with Crippen molar-refractivity contribution in [2.75, 3.05) is 48.7 Å². The minimum atomic E-state index is -3.82. The molecule has 0 unspecified atom stereocenters. The Balaban J connectivity index is 1.75. The second-order valence-electron chi connectivity index (χ2n) is 8.44. The molecule has 1 saturated heterocycles. The van der Waals surface area contributed by atoms with Crippen LogP contribution in [0.1, 0.15) is 34.6 Å². The number of anilines is 2. The minimum absolute atomic E-state index is 0.0925. The molecule has 1 heterocycles. The van der Waals surface area contributed by atoms with Crippen molar-refractivity contribution in [1.82, 2.24) is 10.2 Å². The van der Waals surface area contributed by atoms with E-state index >= 15 is 0 Å². The maximum absolute atomic E-state index is 12.8. The van der Waals surface area contributed by atoms with Crippen molar-refractivity contribution in [2.24, 2.45) is 0 Å². The number of para-hydroxylation sites is 1. The van der Waals surface area contributed by atoms with Gasteiger partial charge in [0.25, 0.3) is 11.8 Å². The molecule has 1 aliphatic rings. The molecular formula is C24H30N4O6S. The number of morpholine rings is 1. The molecule has 11 heteroatoms. The Kier molecular flexibility index (Phi) is 8.47. The van der Waals surface area contributed by atoms with Gasteiger partial charge < -0.3 is 20.3 Å². The molecule has 3 rings (SSSR count). The number of hydrogen-bond acceptors (Lipinski definition) is 6. The third-order valence-electron chi connectivity index (χ3n) is 5.25. The van der Waals surface area contributed by atoms with Gasteiger partial charge in [-0.25, -0.2) is 8.42 Å². The van der Waals surface area contributed by atoms with Gasteiger partial charge >= 0.3 is 0 Å². The molecule has 0 bridgehead atoms. The maximum Gasteiger partial charge on any atom is 0.254 e. The number of nitrogens with one attached hydrogen (secondary N) is 2. The van der Waals surface area contributed by atoms with E-state index in [2.05, 4.69) is 10.6 Å². The van der Waals surface area contributed by atoms with E-state index in [4.69, 9.17) is 4.74 Å². The Bertz CT molecular complexity index is 1170. The lowest BCUT2D eigenvalue weighted by Gasteiger charge is -2.27. The van der Waals surface area contributed by atoms with E-state index < -0.39 is 22.5 Å². The van der Waals surface area contributed by atoms with E-state index in [0.29, 0.717) is 31.9 Å². The number of carbonyl (C=O) groups is 3. The van der Waals surface area contributed by atoms with Crippen LogP contribution < -0.4 is 14.9 Å². The number of carbonyl (C=O) groups excluding carboxylic acids is 3. The summed E-state index contributed by atoms with van der Waals surface area (Å²) in [6, 6.07) is 12.5. The second-order valence-corrected chi connectivity index (χ2v) is 10.3. The Morgan fingerprint density at radius 3 is 2.26 bits per heavy atom. The summed E-state index contributed by atoms with van der Waals surface area (Å²) < 4.78 is 31.2. The van der Waals surface area contributed by atoms with Crippen LogP contribution in [-0.4, -0.2) is 76.2 Å². The molecule has 2 N–H and O–H groups in total. The van der Waals surface area contributed by atoms with Crippen LogP contribution in [0.25, 0.3) is 0 Å². The Labute approximate surface area is 205 Å². The van der Waals surface area contributed by atoms with Gasteiger partial charge in [-0.1, -0.05) is 12.1 Å². The molecule has 1 fully saturated rings. The van der Waals surface area contributed by atoms with E-state index in [9.17, 15) is 22.8 Å². The summed E-state index contributed by atoms with van der Waals surface area (Å²) >= 11 is 0. The SMILES string of the molecule is CC(C)NC(=O)c1ccccc1NC(=O)CN(c1ccc(C(=O)N2CCOCC2)cc1)S(C)(=O)=O. The van der Waals surface area contributed by atoms with Crippen molar-refractivity contribution >= 4 is 39.1 Å². The average molecular weight is 503 g/mol. The summed E-state index contributed by atoms with van der Waals surface area (Å²) in [7, 11) is -3.82. The Morgan fingerprint density at radius 1 is 1.03 bits per heavy atom. The summed E-state index contributed by atoms with van der Waals surface area (Å²) in [5.74, 6) is -1.13. The smallest absolute Gasteiger partial charge is 0.254 e. The fourth-order valence-corrected chi connectivity index (χ4v) is 4.43. The van der Waals surface area contributed by atoms with Gasteiger partial charge in [0.05, 0.1) is 36.4 Å². The van der Waals surface area contributed by atoms with Crippen molar-refractivity contribution in [2.45, 2.75) is 19.9 Å². The molecule has 0 aromatic heterocycles. The van der Waals surface area contributed by atoms with E-state index in [-0.39, 0.29) is 34.8 Å². The quantitative estimate of drug-likeness (QED) is 0.566. The van der Waals surface area contributed by atoms with Gasteiger partial charge in [0, 0.05) is 24.7 Å². The zero-order valence-electron chi connectivity index (χ0n) is 20.0. The monoisotopic (exact) mass is 502 g/mol. The van der Waals surface area contributed by atoms with Crippen LogP contribution in [0.2, 0.25) is 0 Å². The first-order valence-electron chi connectivity index (χ1n) is 11.2. The van der Waals surface area contributed by atoms with Gasteiger partial charge in [0.1, 0.15) is 6.54 Å². The molecule has 3 amide bonds. The standard InChI is InChI=1S/C24H30N4O6S/c1-17(2)25-23(30)20-6-4-5-7-21(20)26-22(29)16-28(35(3,32)33)19-10-8-18(9-11-19)24(31)27-12-14-34-15-13-27/h4-11,17H,12-16H2,1-3H3,(H,25,30)(H,26,29). The van der Waals surface area contributed by atoms with Crippen LogP contribution in [0.15, 0.2) is 48.5 Å². The van der Waals surface area contributed by atoms with Gasteiger partial charge in [-0.3, -0.25) is 18.7 Å². The third kappa shape index (κ3) is 7.03. The highest BCUT2D eigenvalue weighted by Crippen LogP contribution is 2.21. The van der Waals surface area contributed by atoms with Crippen molar-refractivity contribution < 1.29 is 27.5 Å². The zero-order chi connectivity index (χ0) is 25.6. The molecule has 1 aliphatic heterocycles. The summed E-state index contributed by atoms with van der Waals surface area (Å²) in [4.78, 5) is 39.6. The first kappa shape index (κ1) is 26.2. The van der Waals surface area contributed by atoms with Crippen LogP contribution in [0.5, 0.6) is 0 Å². The van der Waals surface area contributed by atoms with E-state index in [1.165, 1.54) is 24.3 Å². The topological polar surface area (TPSA) is 125 Å². The molecule has 0 saturated carbocycles. The predicted molar refractivity (Wildman–Crippen MR) is 133 cm³/mol. The minimum Gasteiger partial charge on any atom is -0.378 e. The van der Waals surface area contributed by atoms with Crippen LogP contribution in [0.3, 0.4) is 0 Å². The third-order valence-corrected chi connectivity index (χ3v) is 6.39. The number of amides is 3. The Hall–Kier alpha value is -3.44. The van der Waals surface area contributed by atoms with Crippen LogP contribution >= 0.6 is 0 Å². The van der Waals surface area contributed by atoms with Crippen molar-refractivity contribution in [3.05, 3.63) is 59.7 Å². The van der Waals surface area contributed by atoms with Gasteiger partial charge in [-0.05, 0) is 50.2 Å². The highest BCUT2D eigenvalue weighted by molar-refractivity contribution is 7.92. The molecule has 188 valence electrons. The summed E-state index contributed by atoms with van der Waals surface area (Å²) in [6.45, 7) is 5.08. The number of hydrogen-bond donors (Lipinski definition) is 2. The number of sulfonamides is 1. The van der Waals surface area contributed by atoms with Crippen molar-refractivity contribution in [3.8, 4) is 0 Å². The summed E-state index contributed by atoms with van der Waals surface area (Å²) in [5.41, 5.74) is 1.20. The molecular weight excluding hydrogens is 472 g/mol. The molecule has 10 nitrogen and oxygen atoms in total. The summed E-state index contributed by atoms with van der Waals surface area (Å²) in [6.07, 6.45) is 0.997. The summed E-state index contributed by atoms with van der Waals surface area (Å²) in [5, 5.41) is 5.40. The lowest BCUT2D eigenvalue weighted by molar-refractivity contribution is -0.114. The van der Waals surface area contributed by atoms with Crippen LogP contribution in [0, 0.1) is 0 Å². The van der Waals surface area contributed by atoms with E-state index in [0.717, 1.165) is 10.6 Å². The first-order valence-corrected chi connectivity index (χ1v) is 13.1. The molecule has 0 spiro atoms. The van der Waals surface area contributed by atoms with Crippen LogP contribution in [0.4, 0.5) is 11.4 Å². The zero-order valence-corrected chi connectivity index (χ0v) is 20.8. The number of rotatable bonds is 8. The molecule has 35 heavy (non-hydrogen) atoms. The highest BCUT2D eigenvalue weighted by atomic mass is 32.2. The molecule has 0 atom stereocenters. The lowest BCUT2D eigenvalue weighted by atomic mass is 10.1.